The lowest BCUT2D eigenvalue weighted by atomic mass is 9.59. The zero-order valence-electron chi connectivity index (χ0n) is 14.4. The molecule has 3 atom stereocenters. The van der Waals surface area contributed by atoms with Crippen LogP contribution in [0.2, 0.25) is 0 Å². The van der Waals surface area contributed by atoms with Gasteiger partial charge in [0.25, 0.3) is 5.79 Å². The Bertz CT molecular complexity index is 908. The fraction of sp³-hybridized carbons (Fsp3) is 0.467. The van der Waals surface area contributed by atoms with Crippen molar-refractivity contribution in [2.24, 2.45) is 5.73 Å². The van der Waals surface area contributed by atoms with Gasteiger partial charge in [-0.2, -0.15) is 39.5 Å². The maximum atomic E-state index is 15.5. The standard InChI is InChI=1S/C15H10F12N2O2/c16-8-4-9(17,12(19,20)13(21,29)11(8,18)31)10(14(22,23)24,15(25,26)27)5-1-2-7(30)6(28)3-5/h1-4,30-31H,28-29H2. The van der Waals surface area contributed by atoms with E-state index in [1.165, 1.54) is 0 Å². The SMILES string of the molecule is Nc1cc(C(C(F)(F)F)(C(F)(F)F)C2(F)C=C(F)C(O)(F)C(N)(F)C2(F)F)ccc1O. The van der Waals surface area contributed by atoms with Gasteiger partial charge in [-0.3, -0.25) is 5.73 Å². The second-order valence-electron chi connectivity index (χ2n) is 6.63. The van der Waals surface area contributed by atoms with E-state index in [4.69, 9.17) is 10.8 Å². The molecule has 1 aromatic carbocycles. The summed E-state index contributed by atoms with van der Waals surface area (Å²) in [6, 6.07) is -0.743. The molecule has 1 aromatic rings. The van der Waals surface area contributed by atoms with Crippen LogP contribution in [0.15, 0.2) is 30.1 Å². The lowest BCUT2D eigenvalue weighted by Gasteiger charge is -2.54. The molecule has 0 aliphatic heterocycles. The molecule has 0 amide bonds. The maximum absolute atomic E-state index is 15.5. The minimum absolute atomic E-state index is 0.0257. The lowest BCUT2D eigenvalue weighted by molar-refractivity contribution is -0.387. The number of aromatic hydroxyl groups is 1. The average Bonchev–Trinajstić information content (AvgIpc) is 2.54. The first-order valence-corrected chi connectivity index (χ1v) is 7.61. The highest BCUT2D eigenvalue weighted by Gasteiger charge is 2.93. The van der Waals surface area contributed by atoms with Gasteiger partial charge in [0.1, 0.15) is 5.75 Å². The van der Waals surface area contributed by atoms with Crippen molar-refractivity contribution in [2.45, 2.75) is 41.0 Å². The van der Waals surface area contributed by atoms with Crippen LogP contribution in [0, 0.1) is 0 Å². The minimum atomic E-state index is -7.16. The van der Waals surface area contributed by atoms with Gasteiger partial charge in [-0.05, 0) is 23.8 Å². The van der Waals surface area contributed by atoms with Crippen LogP contribution < -0.4 is 11.5 Å². The smallest absolute Gasteiger partial charge is 0.410 e. The van der Waals surface area contributed by atoms with E-state index in [1.807, 2.05) is 0 Å². The first kappa shape index (κ1) is 24.9. The molecular formula is C15H10F12N2O2. The molecule has 0 bridgehead atoms. The zero-order chi connectivity index (χ0) is 24.6. The Balaban J connectivity index is 3.20. The summed E-state index contributed by atoms with van der Waals surface area (Å²) in [7, 11) is 0. The Labute approximate surface area is 163 Å². The van der Waals surface area contributed by atoms with Crippen LogP contribution in [0.25, 0.3) is 0 Å². The summed E-state index contributed by atoms with van der Waals surface area (Å²) in [6.45, 7) is 0. The number of anilines is 1. The normalized spacial score (nSPS) is 32.0. The summed E-state index contributed by atoms with van der Waals surface area (Å²) in [5.74, 6) is -23.4. The van der Waals surface area contributed by atoms with Crippen molar-refractivity contribution in [1.29, 1.82) is 0 Å². The Morgan fingerprint density at radius 3 is 1.71 bits per heavy atom. The van der Waals surface area contributed by atoms with Gasteiger partial charge in [-0.15, -0.1) is 0 Å². The predicted molar refractivity (Wildman–Crippen MR) is 78.4 cm³/mol. The number of phenolic OH excluding ortho intramolecular Hbond substituents is 1. The van der Waals surface area contributed by atoms with Crippen molar-refractivity contribution in [3.8, 4) is 5.75 Å². The number of hydrogen-bond acceptors (Lipinski definition) is 4. The highest BCUT2D eigenvalue weighted by atomic mass is 19.4. The molecule has 0 aromatic heterocycles. The van der Waals surface area contributed by atoms with Crippen LogP contribution in [0.1, 0.15) is 5.56 Å². The third-order valence-electron chi connectivity index (χ3n) is 4.89. The van der Waals surface area contributed by atoms with Crippen molar-refractivity contribution in [1.82, 2.24) is 0 Å². The molecule has 2 rings (SSSR count). The predicted octanol–water partition coefficient (Wildman–Crippen LogP) is 3.83. The molecule has 0 heterocycles. The minimum Gasteiger partial charge on any atom is -0.506 e. The number of nitrogen functional groups attached to an aromatic ring is 1. The van der Waals surface area contributed by atoms with Gasteiger partial charge in [0.2, 0.25) is 11.1 Å². The van der Waals surface area contributed by atoms with Gasteiger partial charge in [0.15, 0.2) is 5.83 Å². The van der Waals surface area contributed by atoms with Gasteiger partial charge >= 0.3 is 24.1 Å². The van der Waals surface area contributed by atoms with Gasteiger partial charge < -0.3 is 15.9 Å². The monoisotopic (exact) mass is 478 g/mol. The number of nitrogens with two attached hydrogens (primary N) is 2. The zero-order valence-corrected chi connectivity index (χ0v) is 14.4. The molecule has 6 N–H and O–H groups in total. The molecule has 0 spiro atoms. The lowest BCUT2D eigenvalue weighted by Crippen LogP contribution is -2.82. The molecule has 4 nitrogen and oxygen atoms in total. The molecule has 0 saturated carbocycles. The van der Waals surface area contributed by atoms with Gasteiger partial charge in [0, 0.05) is 0 Å². The Morgan fingerprint density at radius 1 is 0.871 bits per heavy atom. The third kappa shape index (κ3) is 2.73. The van der Waals surface area contributed by atoms with E-state index >= 15 is 4.39 Å². The highest BCUT2D eigenvalue weighted by molar-refractivity contribution is 5.57. The summed E-state index contributed by atoms with van der Waals surface area (Å²) in [5, 5.41) is 18.1. The first-order chi connectivity index (χ1) is 13.5. The summed E-state index contributed by atoms with van der Waals surface area (Å²) in [6.07, 6.45) is -16.2. The fourth-order valence-electron chi connectivity index (χ4n) is 3.25. The van der Waals surface area contributed by atoms with Gasteiger partial charge in [-0.25, -0.2) is 13.2 Å². The number of benzene rings is 1. The number of alkyl halides is 11. The van der Waals surface area contributed by atoms with Crippen molar-refractivity contribution in [3.05, 3.63) is 35.7 Å². The van der Waals surface area contributed by atoms with Crippen LogP contribution in [0.5, 0.6) is 5.75 Å². The quantitative estimate of drug-likeness (QED) is 0.225. The average molecular weight is 478 g/mol. The summed E-state index contributed by atoms with van der Waals surface area (Å²) in [4.78, 5) is 0. The van der Waals surface area contributed by atoms with Crippen molar-refractivity contribution < 1.29 is 62.9 Å². The Kier molecular flexibility index (Phi) is 5.09. The summed E-state index contributed by atoms with van der Waals surface area (Å²) < 4.78 is 170. The highest BCUT2D eigenvalue weighted by Crippen LogP contribution is 2.68. The van der Waals surface area contributed by atoms with E-state index in [0.29, 0.717) is 0 Å². The van der Waals surface area contributed by atoms with E-state index in [2.05, 4.69) is 5.73 Å². The second kappa shape index (κ2) is 6.34. The first-order valence-electron chi connectivity index (χ1n) is 7.61. The van der Waals surface area contributed by atoms with Crippen molar-refractivity contribution >= 4 is 5.69 Å². The van der Waals surface area contributed by atoms with E-state index < -0.39 is 76.0 Å². The van der Waals surface area contributed by atoms with Crippen LogP contribution in [-0.4, -0.2) is 45.8 Å². The number of aliphatic hydroxyl groups is 1. The molecule has 31 heavy (non-hydrogen) atoms. The van der Waals surface area contributed by atoms with E-state index in [-0.39, 0.29) is 12.1 Å². The van der Waals surface area contributed by atoms with Crippen LogP contribution in [-0.2, 0) is 5.41 Å². The number of halogens is 12. The van der Waals surface area contributed by atoms with Gasteiger partial charge in [0.05, 0.1) is 5.69 Å². The topological polar surface area (TPSA) is 92.5 Å². The number of allylic oxidation sites excluding steroid dienone is 1. The van der Waals surface area contributed by atoms with Crippen LogP contribution in [0.3, 0.4) is 0 Å². The fourth-order valence-corrected chi connectivity index (χ4v) is 3.25. The van der Waals surface area contributed by atoms with Crippen molar-refractivity contribution in [3.63, 3.8) is 0 Å². The van der Waals surface area contributed by atoms with Crippen LogP contribution >= 0.6 is 0 Å². The number of hydrogen-bond donors (Lipinski definition) is 4. The molecule has 1 aliphatic carbocycles. The molecule has 176 valence electrons. The van der Waals surface area contributed by atoms with E-state index in [0.717, 1.165) is 0 Å². The number of phenols is 1. The molecule has 0 radical (unpaired) electrons. The second-order valence-corrected chi connectivity index (χ2v) is 6.63. The molecule has 0 saturated heterocycles. The van der Waals surface area contributed by atoms with Gasteiger partial charge in [-0.1, -0.05) is 6.07 Å². The third-order valence-corrected chi connectivity index (χ3v) is 4.89. The van der Waals surface area contributed by atoms with E-state index in [9.17, 15) is 53.4 Å². The summed E-state index contributed by atoms with van der Waals surface area (Å²) in [5.41, 5.74) is -7.83. The number of rotatable bonds is 2. The molecule has 1 aliphatic rings. The maximum Gasteiger partial charge on any atom is 0.410 e. The Hall–Kier alpha value is -2.36. The van der Waals surface area contributed by atoms with Crippen molar-refractivity contribution in [2.75, 3.05) is 5.73 Å². The molecule has 16 heteroatoms. The Morgan fingerprint density at radius 2 is 1.32 bits per heavy atom. The molecule has 0 fully saturated rings. The molecule has 3 unspecified atom stereocenters. The largest absolute Gasteiger partial charge is 0.506 e. The van der Waals surface area contributed by atoms with E-state index in [1.54, 1.807) is 0 Å². The van der Waals surface area contributed by atoms with Crippen LogP contribution in [0.4, 0.5) is 58.4 Å². The summed E-state index contributed by atoms with van der Waals surface area (Å²) >= 11 is 0. The molecular weight excluding hydrogens is 468 g/mol.